The second-order valence-corrected chi connectivity index (χ2v) is 7.73. The van der Waals surface area contributed by atoms with E-state index in [-0.39, 0.29) is 28.0 Å². The normalized spacial score (nSPS) is 14.4. The van der Waals surface area contributed by atoms with Crippen molar-refractivity contribution >= 4 is 45.0 Å². The first-order valence-electron chi connectivity index (χ1n) is 9.17. The molecule has 1 aromatic carbocycles. The molecule has 2 aromatic rings. The average molecular weight is 462 g/mol. The number of nitrogens with one attached hydrogen (secondary N) is 3. The van der Waals surface area contributed by atoms with E-state index < -0.39 is 5.82 Å². The number of benzene rings is 1. The number of hydrogen-bond acceptors (Lipinski definition) is 4. The molecule has 152 valence electrons. The summed E-state index contributed by atoms with van der Waals surface area (Å²) in [5.41, 5.74) is 1.95. The molecule has 3 rings (SSSR count). The van der Waals surface area contributed by atoms with Crippen molar-refractivity contribution in [2.75, 3.05) is 23.7 Å². The van der Waals surface area contributed by atoms with Gasteiger partial charge in [-0.2, -0.15) is 0 Å². The fraction of sp³-hybridized carbons (Fsp3) is 0.300. The highest BCUT2D eigenvalue weighted by Crippen LogP contribution is 2.22. The van der Waals surface area contributed by atoms with Crippen molar-refractivity contribution in [3.63, 3.8) is 0 Å². The van der Waals surface area contributed by atoms with Crippen molar-refractivity contribution in [3.8, 4) is 0 Å². The number of likely N-dealkylation sites (tertiary alicyclic amines) is 1. The van der Waals surface area contributed by atoms with Gasteiger partial charge in [0.2, 0.25) is 5.78 Å². The van der Waals surface area contributed by atoms with Crippen molar-refractivity contribution in [2.45, 2.75) is 19.8 Å². The molecule has 7 nitrogen and oxygen atoms in total. The highest BCUT2D eigenvalue weighted by Gasteiger charge is 2.29. The third kappa shape index (κ3) is 5.38. The van der Waals surface area contributed by atoms with E-state index in [0.29, 0.717) is 37.3 Å². The molecule has 0 atom stereocenters. The summed E-state index contributed by atoms with van der Waals surface area (Å²) in [6.07, 6.45) is 2.56. The van der Waals surface area contributed by atoms with E-state index in [1.807, 2.05) is 13.0 Å². The maximum Gasteiger partial charge on any atom is 0.321 e. The number of carbonyl (C=O) groups is 2. The van der Waals surface area contributed by atoms with Gasteiger partial charge < -0.3 is 15.5 Å². The van der Waals surface area contributed by atoms with Gasteiger partial charge in [0, 0.05) is 30.4 Å². The predicted octanol–water partition coefficient (Wildman–Crippen LogP) is 4.19. The number of amidine groups is 1. The molecule has 1 saturated heterocycles. The van der Waals surface area contributed by atoms with Crippen LogP contribution in [0.25, 0.3) is 0 Å². The van der Waals surface area contributed by atoms with E-state index in [2.05, 4.69) is 31.5 Å². The zero-order valence-corrected chi connectivity index (χ0v) is 17.4. The third-order valence-electron chi connectivity index (χ3n) is 4.75. The van der Waals surface area contributed by atoms with Crippen LogP contribution in [0.2, 0.25) is 0 Å². The molecule has 1 aromatic heterocycles. The Bertz CT molecular complexity index is 927. The predicted molar refractivity (Wildman–Crippen MR) is 113 cm³/mol. The van der Waals surface area contributed by atoms with E-state index in [4.69, 9.17) is 5.41 Å². The molecular weight excluding hydrogens is 441 g/mol. The molecule has 3 N–H and O–H groups in total. The molecule has 2 amide bonds. The molecule has 1 aliphatic heterocycles. The van der Waals surface area contributed by atoms with Crippen LogP contribution in [0, 0.1) is 24.1 Å². The molecular formula is C20H21BrFN5O2. The number of Topliss-reactive ketones (excluding diaryl/α,β-unsaturated/α-hetero) is 1. The zero-order chi connectivity index (χ0) is 21.0. The number of pyridine rings is 1. The van der Waals surface area contributed by atoms with Crippen molar-refractivity contribution in [3.05, 3.63) is 52.5 Å². The van der Waals surface area contributed by atoms with Crippen molar-refractivity contribution in [2.24, 2.45) is 5.92 Å². The van der Waals surface area contributed by atoms with E-state index in [1.54, 1.807) is 17.2 Å². The second kappa shape index (κ2) is 9.13. The van der Waals surface area contributed by atoms with Crippen LogP contribution in [0.15, 0.2) is 41.0 Å². The molecule has 0 spiro atoms. The van der Waals surface area contributed by atoms with Gasteiger partial charge in [-0.15, -0.1) is 0 Å². The number of urea groups is 1. The van der Waals surface area contributed by atoms with Crippen LogP contribution >= 0.6 is 15.9 Å². The molecule has 0 radical (unpaired) electrons. The van der Waals surface area contributed by atoms with Gasteiger partial charge in [0.25, 0.3) is 0 Å². The Morgan fingerprint density at radius 1 is 1.17 bits per heavy atom. The lowest BCUT2D eigenvalue weighted by molar-refractivity contribution is -0.117. The SMILES string of the molecule is Cc1ccc(NC(=O)N2CCC(C(=O)C(=N)Nc3ccc(F)c(Br)c3)CC2)cn1. The summed E-state index contributed by atoms with van der Waals surface area (Å²) < 4.78 is 13.6. The highest BCUT2D eigenvalue weighted by atomic mass is 79.9. The number of ketones is 1. The molecule has 9 heteroatoms. The van der Waals surface area contributed by atoms with E-state index in [9.17, 15) is 14.0 Å². The fourth-order valence-electron chi connectivity index (χ4n) is 3.07. The second-order valence-electron chi connectivity index (χ2n) is 6.87. The number of hydrogen-bond donors (Lipinski definition) is 3. The Kier molecular flexibility index (Phi) is 6.58. The van der Waals surface area contributed by atoms with Gasteiger partial charge in [0.1, 0.15) is 5.82 Å². The van der Waals surface area contributed by atoms with Crippen LogP contribution in [0.5, 0.6) is 0 Å². The summed E-state index contributed by atoms with van der Waals surface area (Å²) in [6, 6.07) is 7.57. The molecule has 0 saturated carbocycles. The minimum atomic E-state index is -0.416. The van der Waals surface area contributed by atoms with E-state index in [1.165, 1.54) is 18.2 Å². The van der Waals surface area contributed by atoms with Gasteiger partial charge in [0.05, 0.1) is 16.4 Å². The molecule has 0 unspecified atom stereocenters. The maximum absolute atomic E-state index is 13.3. The molecule has 2 heterocycles. The first kappa shape index (κ1) is 20.9. The first-order valence-corrected chi connectivity index (χ1v) is 9.96. The number of aryl methyl sites for hydroxylation is 1. The number of aromatic nitrogens is 1. The smallest absolute Gasteiger partial charge is 0.321 e. The minimum Gasteiger partial charge on any atom is -0.338 e. The molecule has 0 aliphatic carbocycles. The summed E-state index contributed by atoms with van der Waals surface area (Å²) in [6.45, 7) is 2.72. The standard InChI is InChI=1S/C20H21BrFN5O2/c1-12-2-3-15(11-24-12)26-20(29)27-8-6-13(7-9-27)18(28)19(23)25-14-4-5-17(22)16(21)10-14/h2-5,10-11,13H,6-9H2,1H3,(H2,23,25)(H,26,29). The Morgan fingerprint density at radius 2 is 1.86 bits per heavy atom. The van der Waals surface area contributed by atoms with Crippen LogP contribution in [-0.2, 0) is 4.79 Å². The molecule has 1 aliphatic rings. The quantitative estimate of drug-likeness (QED) is 0.469. The Balaban J connectivity index is 1.50. The van der Waals surface area contributed by atoms with Gasteiger partial charge in [-0.3, -0.25) is 15.2 Å². The van der Waals surface area contributed by atoms with E-state index >= 15 is 0 Å². The molecule has 29 heavy (non-hydrogen) atoms. The average Bonchev–Trinajstić information content (AvgIpc) is 2.72. The van der Waals surface area contributed by atoms with Crippen molar-refractivity contribution in [1.29, 1.82) is 5.41 Å². The van der Waals surface area contributed by atoms with Gasteiger partial charge >= 0.3 is 6.03 Å². The number of amides is 2. The lowest BCUT2D eigenvalue weighted by Gasteiger charge is -2.31. The summed E-state index contributed by atoms with van der Waals surface area (Å²) in [5, 5.41) is 13.5. The monoisotopic (exact) mass is 461 g/mol. The molecule has 1 fully saturated rings. The van der Waals surface area contributed by atoms with Crippen LogP contribution in [0.3, 0.4) is 0 Å². The first-order chi connectivity index (χ1) is 13.8. The summed E-state index contributed by atoms with van der Waals surface area (Å²) >= 11 is 3.08. The third-order valence-corrected chi connectivity index (χ3v) is 5.36. The largest absolute Gasteiger partial charge is 0.338 e. The maximum atomic E-state index is 13.3. The minimum absolute atomic E-state index is 0.231. The number of rotatable bonds is 4. The summed E-state index contributed by atoms with van der Waals surface area (Å²) in [4.78, 5) is 30.7. The molecule has 0 bridgehead atoms. The number of halogens is 2. The van der Waals surface area contributed by atoms with Gasteiger partial charge in [-0.25, -0.2) is 9.18 Å². The highest BCUT2D eigenvalue weighted by molar-refractivity contribution is 9.10. The van der Waals surface area contributed by atoms with E-state index in [0.717, 1.165) is 5.69 Å². The number of piperidine rings is 1. The lowest BCUT2D eigenvalue weighted by Crippen LogP contribution is -2.44. The Labute approximate surface area is 176 Å². The van der Waals surface area contributed by atoms with Gasteiger partial charge in [-0.05, 0) is 66.0 Å². The van der Waals surface area contributed by atoms with Crippen molar-refractivity contribution < 1.29 is 14.0 Å². The Morgan fingerprint density at radius 3 is 2.48 bits per heavy atom. The topological polar surface area (TPSA) is 98.2 Å². The summed E-state index contributed by atoms with van der Waals surface area (Å²) in [7, 11) is 0. The summed E-state index contributed by atoms with van der Waals surface area (Å²) in [5.74, 6) is -1.30. The van der Waals surface area contributed by atoms with Gasteiger partial charge in [-0.1, -0.05) is 0 Å². The lowest BCUT2D eigenvalue weighted by atomic mass is 9.92. The van der Waals surface area contributed by atoms with Crippen LogP contribution in [0.1, 0.15) is 18.5 Å². The fourth-order valence-corrected chi connectivity index (χ4v) is 3.45. The Hall–Kier alpha value is -2.81. The van der Waals surface area contributed by atoms with Crippen LogP contribution in [0.4, 0.5) is 20.6 Å². The number of carbonyl (C=O) groups excluding carboxylic acids is 2. The zero-order valence-electron chi connectivity index (χ0n) is 15.8. The van der Waals surface area contributed by atoms with Crippen LogP contribution < -0.4 is 10.6 Å². The number of anilines is 2. The number of nitrogens with zero attached hydrogens (tertiary/aromatic N) is 2. The van der Waals surface area contributed by atoms with Gasteiger partial charge in [0.15, 0.2) is 5.84 Å². The van der Waals surface area contributed by atoms with Crippen molar-refractivity contribution in [1.82, 2.24) is 9.88 Å². The van der Waals surface area contributed by atoms with Crippen LogP contribution in [-0.4, -0.2) is 40.6 Å².